The third-order valence-electron chi connectivity index (χ3n) is 12.2. The van der Waals surface area contributed by atoms with Gasteiger partial charge in [-0.05, 0) is 46.0 Å². The van der Waals surface area contributed by atoms with E-state index >= 15 is 0 Å². The van der Waals surface area contributed by atoms with Crippen LogP contribution in [0.2, 0.25) is 0 Å². The van der Waals surface area contributed by atoms with Gasteiger partial charge in [0, 0.05) is 48.7 Å². The Kier molecular flexibility index (Phi) is 4.60. The summed E-state index contributed by atoms with van der Waals surface area (Å²) in [7, 11) is 0. The molecule has 0 radical (unpaired) electrons. The maximum absolute atomic E-state index is 2.61. The number of nitrogens with zero attached hydrogens (tertiary/aromatic N) is 2. The van der Waals surface area contributed by atoms with Gasteiger partial charge in [0.1, 0.15) is 0 Å². The van der Waals surface area contributed by atoms with E-state index in [0.29, 0.717) is 0 Å². The van der Waals surface area contributed by atoms with Crippen molar-refractivity contribution in [3.05, 3.63) is 192 Å². The van der Waals surface area contributed by atoms with E-state index in [0.717, 1.165) is 0 Å². The topological polar surface area (TPSA) is 8.82 Å². The van der Waals surface area contributed by atoms with Gasteiger partial charge in [-0.2, -0.15) is 0 Å². The van der Waals surface area contributed by atoms with Crippen LogP contribution in [0.4, 0.5) is 0 Å². The van der Waals surface area contributed by atoms with Crippen molar-refractivity contribution in [2.24, 2.45) is 0 Å². The van der Waals surface area contributed by atoms with Crippen molar-refractivity contribution in [1.29, 1.82) is 0 Å². The molecular formula is C49H28N2. The first-order chi connectivity index (χ1) is 25.4. The molecule has 0 bridgehead atoms. The van der Waals surface area contributed by atoms with Crippen molar-refractivity contribution in [2.45, 2.75) is 5.41 Å². The summed E-state index contributed by atoms with van der Waals surface area (Å²) in [5.74, 6) is 0. The highest BCUT2D eigenvalue weighted by molar-refractivity contribution is 6.38. The fourth-order valence-electron chi connectivity index (χ4n) is 10.5. The lowest BCUT2D eigenvalue weighted by Gasteiger charge is -2.33. The molecule has 0 aliphatic heterocycles. The molecule has 8 aromatic carbocycles. The minimum atomic E-state index is -0.448. The first kappa shape index (κ1) is 26.3. The molecule has 13 rings (SSSR count). The molecule has 2 nitrogen and oxygen atoms in total. The molecular weight excluding hydrogens is 617 g/mol. The van der Waals surface area contributed by atoms with Crippen molar-refractivity contribution in [1.82, 2.24) is 8.80 Å². The van der Waals surface area contributed by atoms with E-state index in [9.17, 15) is 0 Å². The van der Waals surface area contributed by atoms with E-state index in [4.69, 9.17) is 0 Å². The summed E-state index contributed by atoms with van der Waals surface area (Å²) in [5.41, 5.74) is 15.2. The number of para-hydroxylation sites is 3. The van der Waals surface area contributed by atoms with Crippen LogP contribution in [0.1, 0.15) is 22.3 Å². The molecule has 0 saturated heterocycles. The number of hydrogen-bond acceptors (Lipinski definition) is 0. The molecule has 4 heterocycles. The lowest BCUT2D eigenvalue weighted by molar-refractivity contribution is 0.769. The highest BCUT2D eigenvalue weighted by Crippen LogP contribution is 2.59. The molecule has 234 valence electrons. The van der Waals surface area contributed by atoms with E-state index < -0.39 is 5.41 Å². The average molecular weight is 645 g/mol. The fourth-order valence-corrected chi connectivity index (χ4v) is 10.5. The van der Waals surface area contributed by atoms with Crippen molar-refractivity contribution < 1.29 is 0 Å². The average Bonchev–Trinajstić information content (AvgIpc) is 3.98. The summed E-state index contributed by atoms with van der Waals surface area (Å²) >= 11 is 0. The maximum atomic E-state index is 2.61. The van der Waals surface area contributed by atoms with Crippen LogP contribution in [0.5, 0.6) is 0 Å². The van der Waals surface area contributed by atoms with Gasteiger partial charge in [-0.15, -0.1) is 0 Å². The molecule has 0 spiro atoms. The van der Waals surface area contributed by atoms with Gasteiger partial charge in [0.05, 0.1) is 38.5 Å². The Labute approximate surface area is 292 Å². The van der Waals surface area contributed by atoms with Crippen LogP contribution in [0.3, 0.4) is 0 Å². The number of benzene rings is 8. The Morgan fingerprint density at radius 1 is 0.333 bits per heavy atom. The minimum absolute atomic E-state index is 0.448. The third kappa shape index (κ3) is 2.85. The second-order valence-corrected chi connectivity index (χ2v) is 14.4. The quantitative estimate of drug-likeness (QED) is 0.177. The second-order valence-electron chi connectivity index (χ2n) is 14.4. The molecule has 0 atom stereocenters. The van der Waals surface area contributed by atoms with Crippen LogP contribution < -0.4 is 0 Å². The van der Waals surface area contributed by atoms with E-state index in [-0.39, 0.29) is 0 Å². The molecule has 0 saturated carbocycles. The van der Waals surface area contributed by atoms with E-state index in [2.05, 4.69) is 179 Å². The van der Waals surface area contributed by atoms with E-state index in [1.54, 1.807) is 0 Å². The van der Waals surface area contributed by atoms with Crippen LogP contribution in [0.15, 0.2) is 170 Å². The van der Waals surface area contributed by atoms with E-state index in [1.807, 2.05) is 0 Å². The summed E-state index contributed by atoms with van der Waals surface area (Å²) < 4.78 is 5.15. The maximum Gasteiger partial charge on any atom is 0.0714 e. The number of fused-ring (bicyclic) bond motifs is 17. The molecule has 0 amide bonds. The molecule has 0 fully saturated rings. The lowest BCUT2D eigenvalue weighted by atomic mass is 9.67. The van der Waals surface area contributed by atoms with Gasteiger partial charge in [-0.1, -0.05) is 152 Å². The molecule has 12 aromatic rings. The Morgan fingerprint density at radius 2 is 0.941 bits per heavy atom. The summed E-state index contributed by atoms with van der Waals surface area (Å²) in [5, 5.41) is 10.6. The zero-order valence-electron chi connectivity index (χ0n) is 27.6. The van der Waals surface area contributed by atoms with Crippen LogP contribution in [0, 0.1) is 0 Å². The van der Waals surface area contributed by atoms with Gasteiger partial charge < -0.3 is 8.80 Å². The lowest BCUT2D eigenvalue weighted by Crippen LogP contribution is -2.28. The first-order valence-electron chi connectivity index (χ1n) is 17.9. The van der Waals surface area contributed by atoms with Gasteiger partial charge >= 0.3 is 0 Å². The zero-order chi connectivity index (χ0) is 33.0. The second kappa shape index (κ2) is 8.93. The van der Waals surface area contributed by atoms with E-state index in [1.165, 1.54) is 110 Å². The Hall–Kier alpha value is -6.64. The molecule has 0 unspecified atom stereocenters. The van der Waals surface area contributed by atoms with Crippen molar-refractivity contribution in [3.63, 3.8) is 0 Å². The van der Waals surface area contributed by atoms with Gasteiger partial charge in [-0.25, -0.2) is 0 Å². The predicted molar refractivity (Wildman–Crippen MR) is 213 cm³/mol. The Bertz CT molecular complexity index is 3360. The first-order valence-corrected chi connectivity index (χ1v) is 17.9. The molecule has 1 aliphatic carbocycles. The smallest absolute Gasteiger partial charge is 0.0714 e. The summed E-state index contributed by atoms with van der Waals surface area (Å²) in [6.45, 7) is 0. The van der Waals surface area contributed by atoms with Crippen LogP contribution in [-0.4, -0.2) is 8.80 Å². The molecule has 51 heavy (non-hydrogen) atoms. The molecule has 0 N–H and O–H groups in total. The molecule has 1 aliphatic rings. The summed E-state index contributed by atoms with van der Waals surface area (Å²) in [4.78, 5) is 0. The van der Waals surface area contributed by atoms with Crippen LogP contribution in [-0.2, 0) is 5.41 Å². The van der Waals surface area contributed by atoms with Crippen LogP contribution in [0.25, 0.3) is 87.3 Å². The highest BCUT2D eigenvalue weighted by atomic mass is 14.9. The standard InChI is InChI=1S/C49H28N2/c1-3-14-29(15-4-1)49(30-16-5-2-6-17-30)38-23-10-7-19-34(38)43-39(49)27-26-33-37-28-42-44(45-35-20-9-12-25-41(35)51(47(33)43)48(37)45)36-22-13-21-32-31-18-8-11-24-40(31)50(42)46(32)36/h1-28H. The highest BCUT2D eigenvalue weighted by Gasteiger charge is 2.47. The molecule has 2 heteroatoms. The third-order valence-corrected chi connectivity index (χ3v) is 12.2. The number of rotatable bonds is 2. The SMILES string of the molecule is c1ccc(C2(c3ccccc3)c3ccccc3-c3c2ccc2c4cc5c(c6cccc7c8ccccc8n5c76)c5c6ccccc6n(c32)c45)cc1. The van der Waals surface area contributed by atoms with Crippen molar-refractivity contribution in [2.75, 3.05) is 0 Å². The van der Waals surface area contributed by atoms with Crippen molar-refractivity contribution >= 4 is 76.2 Å². The Balaban J connectivity index is 1.30. The van der Waals surface area contributed by atoms with Gasteiger partial charge in [0.25, 0.3) is 0 Å². The fraction of sp³-hybridized carbons (Fsp3) is 0.0204. The predicted octanol–water partition coefficient (Wildman–Crippen LogP) is 12.3. The van der Waals surface area contributed by atoms with Gasteiger partial charge in [0.2, 0.25) is 0 Å². The van der Waals surface area contributed by atoms with Crippen molar-refractivity contribution in [3.8, 4) is 11.1 Å². The zero-order valence-corrected chi connectivity index (χ0v) is 27.6. The van der Waals surface area contributed by atoms with Gasteiger partial charge in [0.15, 0.2) is 0 Å². The van der Waals surface area contributed by atoms with Gasteiger partial charge in [-0.3, -0.25) is 0 Å². The summed E-state index contributed by atoms with van der Waals surface area (Å²) in [6.07, 6.45) is 0. The van der Waals surface area contributed by atoms with Crippen LogP contribution >= 0.6 is 0 Å². The Morgan fingerprint density at radius 3 is 1.73 bits per heavy atom. The largest absolute Gasteiger partial charge is 0.308 e. The normalized spacial score (nSPS) is 14.0. The monoisotopic (exact) mass is 644 g/mol. The minimum Gasteiger partial charge on any atom is -0.308 e. The number of hydrogen-bond donors (Lipinski definition) is 0. The number of aromatic nitrogens is 2. The molecule has 4 aromatic heterocycles. The summed E-state index contributed by atoms with van der Waals surface area (Å²) in [6, 6.07) is 63.6.